The number of ether oxygens (including phenoxy) is 1. The molecule has 0 saturated carbocycles. The molecule has 2 aromatic rings. The van der Waals surface area contributed by atoms with E-state index in [1.165, 1.54) is 11.0 Å². The number of benzene rings is 2. The van der Waals surface area contributed by atoms with Gasteiger partial charge in [-0.15, -0.1) is 0 Å². The zero-order chi connectivity index (χ0) is 22.2. The highest BCUT2D eigenvalue weighted by atomic mass is 19.1. The standard InChI is InChI=1S/C24H27BFNO4/c1-23(2)24(3,4)31-25(30-23)21(26)15-19-14-18-12-8-9-13-20(18)27(19)22(28)29-16-17-10-6-5-7-11-17/h5-13,15,19H,14,16H2,1-4H3. The second-order valence-electron chi connectivity index (χ2n) is 8.95. The fourth-order valence-electron chi connectivity index (χ4n) is 3.79. The quantitative estimate of drug-likeness (QED) is 0.632. The Morgan fingerprint density at radius 2 is 1.71 bits per heavy atom. The van der Waals surface area contributed by atoms with E-state index in [0.717, 1.165) is 16.8 Å². The van der Waals surface area contributed by atoms with E-state index in [9.17, 15) is 4.79 Å². The fourth-order valence-corrected chi connectivity index (χ4v) is 3.79. The van der Waals surface area contributed by atoms with Crippen LogP contribution < -0.4 is 4.90 Å². The molecule has 1 fully saturated rings. The van der Waals surface area contributed by atoms with Gasteiger partial charge in [0.25, 0.3) is 0 Å². The van der Waals surface area contributed by atoms with Crippen LogP contribution in [-0.2, 0) is 27.1 Å². The van der Waals surface area contributed by atoms with Crippen LogP contribution in [0, 0.1) is 0 Å². The molecule has 0 aromatic heterocycles. The van der Waals surface area contributed by atoms with Crippen molar-refractivity contribution in [3.05, 3.63) is 77.5 Å². The lowest BCUT2D eigenvalue weighted by atomic mass is 9.86. The van der Waals surface area contributed by atoms with Gasteiger partial charge in [-0.2, -0.15) is 0 Å². The van der Waals surface area contributed by atoms with Crippen LogP contribution in [0.15, 0.2) is 66.4 Å². The maximum absolute atomic E-state index is 15.2. The first-order valence-corrected chi connectivity index (χ1v) is 10.5. The summed E-state index contributed by atoms with van der Waals surface area (Å²) in [6, 6.07) is 16.5. The van der Waals surface area contributed by atoms with Crippen LogP contribution in [0.5, 0.6) is 0 Å². The van der Waals surface area contributed by atoms with Gasteiger partial charge >= 0.3 is 13.2 Å². The SMILES string of the molecule is CC1(C)OB(C(F)=CC2Cc3ccccc3N2C(=O)OCc2ccccc2)OC1(C)C. The Morgan fingerprint density at radius 1 is 1.10 bits per heavy atom. The van der Waals surface area contributed by atoms with E-state index in [1.807, 2.05) is 82.3 Å². The highest BCUT2D eigenvalue weighted by molar-refractivity contribution is 6.53. The number of anilines is 1. The lowest BCUT2D eigenvalue weighted by Gasteiger charge is -2.32. The molecule has 0 radical (unpaired) electrons. The molecule has 31 heavy (non-hydrogen) atoms. The molecule has 0 aliphatic carbocycles. The van der Waals surface area contributed by atoms with Crippen LogP contribution in [0.25, 0.3) is 0 Å². The van der Waals surface area contributed by atoms with Crippen molar-refractivity contribution in [1.29, 1.82) is 0 Å². The Bertz CT molecular complexity index is 976. The summed E-state index contributed by atoms with van der Waals surface area (Å²) in [4.78, 5) is 14.5. The summed E-state index contributed by atoms with van der Waals surface area (Å²) >= 11 is 0. The second kappa shape index (κ2) is 8.13. The maximum Gasteiger partial charge on any atom is 0.524 e. The molecule has 0 spiro atoms. The van der Waals surface area contributed by atoms with Gasteiger partial charge in [-0.25, -0.2) is 9.18 Å². The van der Waals surface area contributed by atoms with Gasteiger partial charge in [-0.1, -0.05) is 48.5 Å². The van der Waals surface area contributed by atoms with Crippen LogP contribution >= 0.6 is 0 Å². The molecule has 7 heteroatoms. The number of nitrogens with zero attached hydrogens (tertiary/aromatic N) is 1. The molecule has 1 atom stereocenters. The van der Waals surface area contributed by atoms with E-state index in [2.05, 4.69) is 0 Å². The normalized spacial score (nSPS) is 21.8. The number of hydrogen-bond acceptors (Lipinski definition) is 4. The maximum atomic E-state index is 15.2. The molecule has 0 bridgehead atoms. The van der Waals surface area contributed by atoms with Crippen molar-refractivity contribution in [2.45, 2.75) is 58.0 Å². The van der Waals surface area contributed by atoms with Crippen molar-refractivity contribution in [3.8, 4) is 0 Å². The number of para-hydroxylation sites is 1. The summed E-state index contributed by atoms with van der Waals surface area (Å²) in [5.74, 6) is 0. The Hall–Kier alpha value is -2.64. The van der Waals surface area contributed by atoms with Crippen molar-refractivity contribution in [3.63, 3.8) is 0 Å². The van der Waals surface area contributed by atoms with Gasteiger partial charge in [-0.3, -0.25) is 4.90 Å². The average Bonchev–Trinajstić information content (AvgIpc) is 3.20. The van der Waals surface area contributed by atoms with Crippen LogP contribution in [0.3, 0.4) is 0 Å². The summed E-state index contributed by atoms with van der Waals surface area (Å²) in [6.07, 6.45) is 1.38. The third kappa shape index (κ3) is 4.25. The third-order valence-electron chi connectivity index (χ3n) is 6.24. The second-order valence-corrected chi connectivity index (χ2v) is 8.95. The van der Waals surface area contributed by atoms with E-state index in [1.54, 1.807) is 0 Å². The molecule has 5 nitrogen and oxygen atoms in total. The summed E-state index contributed by atoms with van der Waals surface area (Å²) < 4.78 is 32.4. The van der Waals surface area contributed by atoms with Crippen molar-refractivity contribution < 1.29 is 23.2 Å². The molecule has 2 aliphatic heterocycles. The molecule has 1 saturated heterocycles. The minimum absolute atomic E-state index is 0.147. The van der Waals surface area contributed by atoms with Gasteiger partial charge in [0.1, 0.15) is 12.3 Å². The molecule has 2 aromatic carbocycles. The van der Waals surface area contributed by atoms with E-state index in [4.69, 9.17) is 14.0 Å². The van der Waals surface area contributed by atoms with E-state index >= 15 is 4.39 Å². The number of rotatable bonds is 4. The predicted octanol–water partition coefficient (Wildman–Crippen LogP) is 5.24. The van der Waals surface area contributed by atoms with Gasteiger partial charge in [0, 0.05) is 0 Å². The van der Waals surface area contributed by atoms with E-state index < -0.39 is 36.2 Å². The Kier molecular flexibility index (Phi) is 5.66. The van der Waals surface area contributed by atoms with Crippen LogP contribution in [0.4, 0.5) is 14.9 Å². The van der Waals surface area contributed by atoms with Gasteiger partial charge in [0.15, 0.2) is 0 Å². The van der Waals surface area contributed by atoms with Crippen molar-refractivity contribution >= 4 is 18.9 Å². The molecule has 4 rings (SSSR count). The number of fused-ring (bicyclic) bond motifs is 1. The van der Waals surface area contributed by atoms with Gasteiger partial charge in [-0.05, 0) is 57.4 Å². The van der Waals surface area contributed by atoms with Gasteiger partial charge < -0.3 is 14.0 Å². The van der Waals surface area contributed by atoms with Crippen molar-refractivity contribution in [2.24, 2.45) is 0 Å². The number of amides is 1. The van der Waals surface area contributed by atoms with Crippen LogP contribution in [-0.4, -0.2) is 30.5 Å². The molecular weight excluding hydrogens is 396 g/mol. The van der Waals surface area contributed by atoms with Crippen molar-refractivity contribution in [1.82, 2.24) is 0 Å². The smallest absolute Gasteiger partial charge is 0.444 e. The zero-order valence-corrected chi connectivity index (χ0v) is 18.3. The molecular formula is C24H27BFNO4. The molecule has 1 unspecified atom stereocenters. The molecule has 1 amide bonds. The van der Waals surface area contributed by atoms with Crippen LogP contribution in [0.1, 0.15) is 38.8 Å². The summed E-state index contributed by atoms with van der Waals surface area (Å²) in [6.45, 7) is 7.64. The minimum atomic E-state index is -1.10. The highest BCUT2D eigenvalue weighted by Gasteiger charge is 2.53. The monoisotopic (exact) mass is 423 g/mol. The Morgan fingerprint density at radius 3 is 2.39 bits per heavy atom. The molecule has 2 aliphatic rings. The summed E-state index contributed by atoms with van der Waals surface area (Å²) in [5.41, 5.74) is 0.743. The summed E-state index contributed by atoms with van der Waals surface area (Å²) in [5, 5.41) is 0. The van der Waals surface area contributed by atoms with Crippen LogP contribution in [0.2, 0.25) is 0 Å². The lowest BCUT2D eigenvalue weighted by molar-refractivity contribution is 0.00578. The van der Waals surface area contributed by atoms with Gasteiger partial charge in [0.05, 0.1) is 22.9 Å². The topological polar surface area (TPSA) is 48.0 Å². The van der Waals surface area contributed by atoms with E-state index in [-0.39, 0.29) is 6.61 Å². The highest BCUT2D eigenvalue weighted by Crippen LogP contribution is 2.40. The Labute approximate surface area is 182 Å². The van der Waals surface area contributed by atoms with E-state index in [0.29, 0.717) is 6.42 Å². The number of hydrogen-bond donors (Lipinski definition) is 0. The molecule has 2 heterocycles. The minimum Gasteiger partial charge on any atom is -0.444 e. The first-order valence-electron chi connectivity index (χ1n) is 10.5. The first kappa shape index (κ1) is 21.6. The van der Waals surface area contributed by atoms with Gasteiger partial charge in [0.2, 0.25) is 0 Å². The Balaban J connectivity index is 1.55. The molecule has 0 N–H and O–H groups in total. The number of halogens is 1. The number of carbonyl (C=O) groups is 1. The average molecular weight is 423 g/mol. The van der Waals surface area contributed by atoms with Crippen molar-refractivity contribution in [2.75, 3.05) is 4.90 Å². The molecule has 162 valence electrons. The largest absolute Gasteiger partial charge is 0.524 e. The first-order chi connectivity index (χ1) is 14.7. The lowest BCUT2D eigenvalue weighted by Crippen LogP contribution is -2.41. The summed E-state index contributed by atoms with van der Waals surface area (Å²) in [7, 11) is -1.10. The fraction of sp³-hybridized carbons (Fsp3) is 0.375. The predicted molar refractivity (Wildman–Crippen MR) is 118 cm³/mol. The third-order valence-corrected chi connectivity index (χ3v) is 6.24. The zero-order valence-electron chi connectivity index (χ0n) is 18.3. The number of carbonyl (C=O) groups excluding carboxylic acids is 1.